The predicted molar refractivity (Wildman–Crippen MR) is 100 cm³/mol. The third-order valence-corrected chi connectivity index (χ3v) is 5.53. The van der Waals surface area contributed by atoms with Crippen molar-refractivity contribution < 1.29 is 9.59 Å². The Morgan fingerprint density at radius 3 is 2.88 bits per heavy atom. The van der Waals surface area contributed by atoms with Crippen molar-refractivity contribution >= 4 is 45.0 Å². The van der Waals surface area contributed by atoms with Crippen LogP contribution in [0.2, 0.25) is 0 Å². The summed E-state index contributed by atoms with van der Waals surface area (Å²) in [4.78, 5) is 33.8. The minimum atomic E-state index is -0.318. The van der Waals surface area contributed by atoms with Gasteiger partial charge in [0, 0.05) is 5.39 Å². The van der Waals surface area contributed by atoms with Gasteiger partial charge in [-0.25, -0.2) is 9.97 Å². The standard InChI is InChI=1S/C18H15ClN4O2S/c19-8-14(24)23-15-11-4-2-1-3-10(11)7-13(15)22-17(25)16-12-5-6-26-18(12)21-9-20-16/h1-6,9,13,15H,7-8H2,(H,22,25)(H,23,24)/t13-,15-/m1/s1. The Labute approximate surface area is 158 Å². The number of hydrogen-bond acceptors (Lipinski definition) is 5. The summed E-state index contributed by atoms with van der Waals surface area (Å²) < 4.78 is 0. The SMILES string of the molecule is O=C(CCl)N[C@@H]1c2ccccc2C[C@H]1NC(=O)c1ncnc2sccc12. The van der Waals surface area contributed by atoms with Gasteiger partial charge >= 0.3 is 0 Å². The minimum absolute atomic E-state index is 0.124. The molecule has 0 unspecified atom stereocenters. The lowest BCUT2D eigenvalue weighted by Gasteiger charge is -2.22. The molecule has 1 aliphatic carbocycles. The van der Waals surface area contributed by atoms with Gasteiger partial charge < -0.3 is 10.6 Å². The highest BCUT2D eigenvalue weighted by atomic mass is 35.5. The molecule has 0 fully saturated rings. The molecule has 1 aliphatic rings. The molecule has 1 aromatic carbocycles. The van der Waals surface area contributed by atoms with Crippen molar-refractivity contribution in [2.24, 2.45) is 0 Å². The van der Waals surface area contributed by atoms with E-state index < -0.39 is 0 Å². The van der Waals surface area contributed by atoms with Gasteiger partial charge in [0.25, 0.3) is 5.91 Å². The number of aromatic nitrogens is 2. The summed E-state index contributed by atoms with van der Waals surface area (Å²) in [7, 11) is 0. The largest absolute Gasteiger partial charge is 0.346 e. The summed E-state index contributed by atoms with van der Waals surface area (Å²) in [5.74, 6) is -0.672. The Bertz CT molecular complexity index is 990. The van der Waals surface area contributed by atoms with Gasteiger partial charge in [-0.3, -0.25) is 9.59 Å². The third-order valence-electron chi connectivity index (χ3n) is 4.46. The molecule has 2 amide bonds. The number of alkyl halides is 1. The van der Waals surface area contributed by atoms with Crippen LogP contribution in [0.5, 0.6) is 0 Å². The number of amides is 2. The first-order valence-electron chi connectivity index (χ1n) is 8.09. The smallest absolute Gasteiger partial charge is 0.270 e. The maximum atomic E-state index is 12.8. The van der Waals surface area contributed by atoms with E-state index in [1.165, 1.54) is 17.7 Å². The van der Waals surface area contributed by atoms with Gasteiger partial charge in [0.15, 0.2) is 0 Å². The first-order valence-corrected chi connectivity index (χ1v) is 9.51. The molecule has 132 valence electrons. The lowest BCUT2D eigenvalue weighted by Crippen LogP contribution is -2.44. The Kier molecular flexibility index (Phi) is 4.57. The topological polar surface area (TPSA) is 84.0 Å². The molecule has 0 saturated carbocycles. The summed E-state index contributed by atoms with van der Waals surface area (Å²) >= 11 is 7.11. The molecule has 0 aliphatic heterocycles. The number of fused-ring (bicyclic) bond motifs is 2. The van der Waals surface area contributed by atoms with Crippen LogP contribution >= 0.6 is 22.9 Å². The number of hydrogen-bond donors (Lipinski definition) is 2. The molecule has 0 spiro atoms. The van der Waals surface area contributed by atoms with Gasteiger partial charge in [-0.05, 0) is 29.0 Å². The zero-order valence-electron chi connectivity index (χ0n) is 13.6. The molecule has 3 aromatic rings. The van der Waals surface area contributed by atoms with E-state index in [-0.39, 0.29) is 29.8 Å². The van der Waals surface area contributed by atoms with E-state index in [1.54, 1.807) is 0 Å². The number of thiophene rings is 1. The number of halogens is 1. The molecule has 2 N–H and O–H groups in total. The average molecular weight is 387 g/mol. The predicted octanol–water partition coefficient (Wildman–Crippen LogP) is 2.44. The van der Waals surface area contributed by atoms with E-state index in [1.807, 2.05) is 35.7 Å². The van der Waals surface area contributed by atoms with Crippen molar-refractivity contribution in [2.45, 2.75) is 18.5 Å². The fourth-order valence-electron chi connectivity index (χ4n) is 3.33. The van der Waals surface area contributed by atoms with Crippen molar-refractivity contribution in [2.75, 3.05) is 5.88 Å². The second-order valence-electron chi connectivity index (χ2n) is 6.02. The van der Waals surface area contributed by atoms with Crippen LogP contribution in [0.25, 0.3) is 10.2 Å². The molecule has 0 radical (unpaired) electrons. The number of benzene rings is 1. The molecule has 2 heterocycles. The number of carbonyl (C=O) groups is 2. The normalized spacial score (nSPS) is 18.5. The quantitative estimate of drug-likeness (QED) is 0.674. The third kappa shape index (κ3) is 3.04. The Balaban J connectivity index is 1.61. The van der Waals surface area contributed by atoms with Gasteiger partial charge in [-0.1, -0.05) is 24.3 Å². The second kappa shape index (κ2) is 7.01. The van der Waals surface area contributed by atoms with Gasteiger partial charge in [0.05, 0.1) is 12.1 Å². The first-order chi connectivity index (χ1) is 12.7. The molecular weight excluding hydrogens is 372 g/mol. The van der Waals surface area contributed by atoms with Crippen molar-refractivity contribution in [3.05, 3.63) is 58.9 Å². The Morgan fingerprint density at radius 2 is 2.04 bits per heavy atom. The number of carbonyl (C=O) groups excluding carboxylic acids is 2. The first kappa shape index (κ1) is 16.9. The molecule has 2 aromatic heterocycles. The van der Waals surface area contributed by atoms with Crippen LogP contribution in [0.3, 0.4) is 0 Å². The van der Waals surface area contributed by atoms with Gasteiger partial charge in [-0.15, -0.1) is 22.9 Å². The molecule has 8 heteroatoms. The van der Waals surface area contributed by atoms with Crippen molar-refractivity contribution in [3.63, 3.8) is 0 Å². The molecule has 6 nitrogen and oxygen atoms in total. The number of nitrogens with one attached hydrogen (secondary N) is 2. The van der Waals surface area contributed by atoms with E-state index in [0.717, 1.165) is 21.3 Å². The van der Waals surface area contributed by atoms with Crippen LogP contribution < -0.4 is 10.6 Å². The van der Waals surface area contributed by atoms with Crippen LogP contribution in [0, 0.1) is 0 Å². The highest BCUT2D eigenvalue weighted by molar-refractivity contribution is 7.16. The summed E-state index contributed by atoms with van der Waals surface area (Å²) in [6.45, 7) is 0. The zero-order valence-corrected chi connectivity index (χ0v) is 15.2. The summed E-state index contributed by atoms with van der Waals surface area (Å²) in [6.07, 6.45) is 2.02. The molecule has 2 atom stereocenters. The van der Waals surface area contributed by atoms with Crippen molar-refractivity contribution in [1.29, 1.82) is 0 Å². The van der Waals surface area contributed by atoms with E-state index >= 15 is 0 Å². The molecule has 4 rings (SSSR count). The van der Waals surface area contributed by atoms with Crippen LogP contribution in [-0.4, -0.2) is 33.7 Å². The molecule has 26 heavy (non-hydrogen) atoms. The van der Waals surface area contributed by atoms with Gasteiger partial charge in [-0.2, -0.15) is 0 Å². The Morgan fingerprint density at radius 1 is 1.19 bits per heavy atom. The maximum absolute atomic E-state index is 12.8. The summed E-state index contributed by atoms with van der Waals surface area (Å²) in [5.41, 5.74) is 2.44. The van der Waals surface area contributed by atoms with Crippen molar-refractivity contribution in [3.8, 4) is 0 Å². The monoisotopic (exact) mass is 386 g/mol. The van der Waals surface area contributed by atoms with Gasteiger partial charge in [0.2, 0.25) is 5.91 Å². The van der Waals surface area contributed by atoms with E-state index in [9.17, 15) is 9.59 Å². The maximum Gasteiger partial charge on any atom is 0.270 e. The molecule has 0 saturated heterocycles. The van der Waals surface area contributed by atoms with Crippen LogP contribution in [0.4, 0.5) is 0 Å². The summed E-state index contributed by atoms with van der Waals surface area (Å²) in [5, 5.41) is 8.54. The highest BCUT2D eigenvalue weighted by Gasteiger charge is 2.34. The zero-order chi connectivity index (χ0) is 18.1. The number of nitrogens with zero attached hydrogens (tertiary/aromatic N) is 2. The van der Waals surface area contributed by atoms with E-state index in [2.05, 4.69) is 20.6 Å². The second-order valence-corrected chi connectivity index (χ2v) is 7.19. The lowest BCUT2D eigenvalue weighted by atomic mass is 10.1. The fraction of sp³-hybridized carbons (Fsp3) is 0.222. The summed E-state index contributed by atoms with van der Waals surface area (Å²) in [6, 6.07) is 9.08. The average Bonchev–Trinajstić information content (AvgIpc) is 3.26. The molecular formula is C18H15ClN4O2S. The van der Waals surface area contributed by atoms with Gasteiger partial charge in [0.1, 0.15) is 22.7 Å². The van der Waals surface area contributed by atoms with E-state index in [4.69, 9.17) is 11.6 Å². The van der Waals surface area contributed by atoms with Crippen LogP contribution in [0.1, 0.15) is 27.7 Å². The Hall–Kier alpha value is -2.51. The lowest BCUT2D eigenvalue weighted by molar-refractivity contribution is -0.119. The number of rotatable bonds is 4. The van der Waals surface area contributed by atoms with Crippen LogP contribution in [0.15, 0.2) is 42.0 Å². The highest BCUT2D eigenvalue weighted by Crippen LogP contribution is 2.32. The minimum Gasteiger partial charge on any atom is -0.346 e. The fourth-order valence-corrected chi connectivity index (χ4v) is 4.14. The molecule has 0 bridgehead atoms. The van der Waals surface area contributed by atoms with E-state index in [0.29, 0.717) is 12.1 Å². The van der Waals surface area contributed by atoms with Crippen LogP contribution in [-0.2, 0) is 11.2 Å². The van der Waals surface area contributed by atoms with Crippen molar-refractivity contribution in [1.82, 2.24) is 20.6 Å².